The number of aromatic nitrogens is 2. The van der Waals surface area contributed by atoms with E-state index in [1.807, 2.05) is 18.7 Å². The molecule has 1 amide bonds. The zero-order valence-corrected chi connectivity index (χ0v) is 12.8. The maximum atomic E-state index is 12.3. The summed E-state index contributed by atoms with van der Waals surface area (Å²) in [5.74, 6) is 1.94. The standard InChI is InChI=1S/C14H24N4O2/c1-5-12-15-16-13(20-12)9-17-6-7-18(8-10(2)3)14(19)11(17)4/h10-11H,5-9H2,1-4H3/t11-/m1/s1. The molecule has 0 aromatic carbocycles. The molecule has 1 saturated heterocycles. The van der Waals surface area contributed by atoms with E-state index in [9.17, 15) is 4.79 Å². The molecule has 112 valence electrons. The van der Waals surface area contributed by atoms with Gasteiger partial charge in [-0.3, -0.25) is 9.69 Å². The Hall–Kier alpha value is -1.43. The summed E-state index contributed by atoms with van der Waals surface area (Å²) < 4.78 is 5.52. The summed E-state index contributed by atoms with van der Waals surface area (Å²) in [5.41, 5.74) is 0. The molecule has 2 rings (SSSR count). The third-order valence-corrected chi connectivity index (χ3v) is 3.61. The van der Waals surface area contributed by atoms with Crippen LogP contribution in [-0.4, -0.2) is 51.6 Å². The number of piperazine rings is 1. The molecule has 1 fully saturated rings. The van der Waals surface area contributed by atoms with Gasteiger partial charge < -0.3 is 9.32 Å². The van der Waals surface area contributed by atoms with Crippen LogP contribution in [0.2, 0.25) is 0 Å². The van der Waals surface area contributed by atoms with Gasteiger partial charge in [0.2, 0.25) is 17.7 Å². The second-order valence-electron chi connectivity index (χ2n) is 5.77. The fourth-order valence-electron chi connectivity index (χ4n) is 2.48. The normalized spacial score (nSPS) is 20.9. The first-order valence-corrected chi connectivity index (χ1v) is 7.35. The maximum Gasteiger partial charge on any atom is 0.239 e. The molecule has 0 spiro atoms. The summed E-state index contributed by atoms with van der Waals surface area (Å²) in [5, 5.41) is 7.98. The van der Waals surface area contributed by atoms with E-state index < -0.39 is 0 Å². The van der Waals surface area contributed by atoms with E-state index in [1.165, 1.54) is 0 Å². The zero-order chi connectivity index (χ0) is 14.7. The van der Waals surface area contributed by atoms with Crippen LogP contribution in [0.1, 0.15) is 39.5 Å². The molecule has 0 unspecified atom stereocenters. The van der Waals surface area contributed by atoms with Crippen molar-refractivity contribution in [3.63, 3.8) is 0 Å². The van der Waals surface area contributed by atoms with Crippen molar-refractivity contribution < 1.29 is 9.21 Å². The zero-order valence-electron chi connectivity index (χ0n) is 12.8. The van der Waals surface area contributed by atoms with Crippen LogP contribution in [0.4, 0.5) is 0 Å². The number of rotatable bonds is 5. The molecule has 0 saturated carbocycles. The molecule has 1 aromatic heterocycles. The van der Waals surface area contributed by atoms with Crippen LogP contribution >= 0.6 is 0 Å². The van der Waals surface area contributed by atoms with E-state index in [0.717, 1.165) is 26.1 Å². The van der Waals surface area contributed by atoms with Crippen molar-refractivity contribution in [2.75, 3.05) is 19.6 Å². The average Bonchev–Trinajstić information content (AvgIpc) is 2.86. The molecule has 0 bridgehead atoms. The number of carbonyl (C=O) groups excluding carboxylic acids is 1. The van der Waals surface area contributed by atoms with Crippen molar-refractivity contribution in [3.05, 3.63) is 11.8 Å². The highest BCUT2D eigenvalue weighted by Crippen LogP contribution is 2.16. The van der Waals surface area contributed by atoms with Gasteiger partial charge in [0.15, 0.2) is 0 Å². The Morgan fingerprint density at radius 2 is 2.00 bits per heavy atom. The second kappa shape index (κ2) is 6.35. The minimum atomic E-state index is -0.125. The maximum absolute atomic E-state index is 12.3. The molecule has 1 atom stereocenters. The first kappa shape index (κ1) is 15.0. The number of aryl methyl sites for hydroxylation is 1. The first-order chi connectivity index (χ1) is 9.51. The summed E-state index contributed by atoms with van der Waals surface area (Å²) in [4.78, 5) is 16.4. The Balaban J connectivity index is 1.96. The average molecular weight is 280 g/mol. The largest absolute Gasteiger partial charge is 0.424 e. The highest BCUT2D eigenvalue weighted by molar-refractivity contribution is 5.82. The quantitative estimate of drug-likeness (QED) is 0.814. The predicted molar refractivity (Wildman–Crippen MR) is 75.0 cm³/mol. The fourth-order valence-corrected chi connectivity index (χ4v) is 2.48. The Morgan fingerprint density at radius 3 is 2.60 bits per heavy atom. The lowest BCUT2D eigenvalue weighted by molar-refractivity contribution is -0.142. The molecule has 1 aromatic rings. The lowest BCUT2D eigenvalue weighted by atomic mass is 10.1. The summed E-state index contributed by atoms with van der Waals surface area (Å²) in [6, 6.07) is -0.125. The van der Waals surface area contributed by atoms with Gasteiger partial charge in [0.05, 0.1) is 12.6 Å². The van der Waals surface area contributed by atoms with E-state index in [4.69, 9.17) is 4.42 Å². The third kappa shape index (κ3) is 3.36. The first-order valence-electron chi connectivity index (χ1n) is 7.35. The molecule has 6 nitrogen and oxygen atoms in total. The van der Waals surface area contributed by atoms with E-state index >= 15 is 0 Å². The van der Waals surface area contributed by atoms with Gasteiger partial charge >= 0.3 is 0 Å². The molecular formula is C14H24N4O2. The molecule has 20 heavy (non-hydrogen) atoms. The predicted octanol–water partition coefficient (Wildman–Crippen LogP) is 1.32. The Morgan fingerprint density at radius 1 is 1.30 bits per heavy atom. The topological polar surface area (TPSA) is 62.5 Å². The van der Waals surface area contributed by atoms with Gasteiger partial charge in [0.25, 0.3) is 0 Å². The summed E-state index contributed by atoms with van der Waals surface area (Å²) in [6.07, 6.45) is 0.740. The van der Waals surface area contributed by atoms with Gasteiger partial charge in [-0.15, -0.1) is 10.2 Å². The van der Waals surface area contributed by atoms with Crippen LogP contribution in [0.25, 0.3) is 0 Å². The van der Waals surface area contributed by atoms with E-state index in [-0.39, 0.29) is 11.9 Å². The highest BCUT2D eigenvalue weighted by atomic mass is 16.4. The summed E-state index contributed by atoms with van der Waals surface area (Å²) in [6.45, 7) is 11.2. The minimum Gasteiger partial charge on any atom is -0.424 e. The molecule has 0 radical (unpaired) electrons. The van der Waals surface area contributed by atoms with Gasteiger partial charge in [-0.05, 0) is 12.8 Å². The molecule has 1 aliphatic rings. The van der Waals surface area contributed by atoms with Crippen molar-refractivity contribution in [1.29, 1.82) is 0 Å². The van der Waals surface area contributed by atoms with Gasteiger partial charge in [0, 0.05) is 26.1 Å². The van der Waals surface area contributed by atoms with Crippen LogP contribution in [0, 0.1) is 5.92 Å². The monoisotopic (exact) mass is 280 g/mol. The molecule has 2 heterocycles. The second-order valence-corrected chi connectivity index (χ2v) is 5.77. The highest BCUT2D eigenvalue weighted by Gasteiger charge is 2.32. The fraction of sp³-hybridized carbons (Fsp3) is 0.786. The van der Waals surface area contributed by atoms with Crippen LogP contribution in [0.3, 0.4) is 0 Å². The smallest absolute Gasteiger partial charge is 0.239 e. The Labute approximate surface area is 120 Å². The van der Waals surface area contributed by atoms with Gasteiger partial charge in [0.1, 0.15) is 0 Å². The van der Waals surface area contributed by atoms with E-state index in [1.54, 1.807) is 0 Å². The van der Waals surface area contributed by atoms with Crippen molar-refractivity contribution in [2.45, 2.75) is 46.7 Å². The molecule has 0 aliphatic carbocycles. The van der Waals surface area contributed by atoms with Gasteiger partial charge in [-0.1, -0.05) is 20.8 Å². The van der Waals surface area contributed by atoms with Crippen molar-refractivity contribution >= 4 is 5.91 Å². The Bertz CT molecular complexity index is 458. The third-order valence-electron chi connectivity index (χ3n) is 3.61. The lowest BCUT2D eigenvalue weighted by Crippen LogP contribution is -2.56. The van der Waals surface area contributed by atoms with Crippen molar-refractivity contribution in [1.82, 2.24) is 20.0 Å². The summed E-state index contributed by atoms with van der Waals surface area (Å²) in [7, 11) is 0. The minimum absolute atomic E-state index is 0.125. The van der Waals surface area contributed by atoms with E-state index in [2.05, 4.69) is 28.9 Å². The van der Waals surface area contributed by atoms with Crippen molar-refractivity contribution in [3.8, 4) is 0 Å². The molecule has 1 aliphatic heterocycles. The van der Waals surface area contributed by atoms with Gasteiger partial charge in [-0.25, -0.2) is 0 Å². The molecule has 0 N–H and O–H groups in total. The Kier molecular flexibility index (Phi) is 4.75. The SMILES string of the molecule is CCc1nnc(CN2CCN(CC(C)C)C(=O)[C@H]2C)o1. The van der Waals surface area contributed by atoms with Crippen molar-refractivity contribution in [2.24, 2.45) is 5.92 Å². The van der Waals surface area contributed by atoms with Gasteiger partial charge in [-0.2, -0.15) is 0 Å². The summed E-state index contributed by atoms with van der Waals surface area (Å²) >= 11 is 0. The molecule has 6 heteroatoms. The van der Waals surface area contributed by atoms with Crippen LogP contribution in [0.15, 0.2) is 4.42 Å². The van der Waals surface area contributed by atoms with Crippen LogP contribution in [0.5, 0.6) is 0 Å². The van der Waals surface area contributed by atoms with E-state index in [0.29, 0.717) is 24.2 Å². The number of amides is 1. The van der Waals surface area contributed by atoms with Crippen LogP contribution in [-0.2, 0) is 17.8 Å². The number of hydrogen-bond donors (Lipinski definition) is 0. The number of carbonyl (C=O) groups is 1. The van der Waals surface area contributed by atoms with Crippen LogP contribution < -0.4 is 0 Å². The molecular weight excluding hydrogens is 256 g/mol. The lowest BCUT2D eigenvalue weighted by Gasteiger charge is -2.39. The number of nitrogens with zero attached hydrogens (tertiary/aromatic N) is 4. The number of hydrogen-bond acceptors (Lipinski definition) is 5.